The van der Waals surface area contributed by atoms with Crippen LogP contribution in [0.15, 0.2) is 24.3 Å². The number of nitrogens with zero attached hydrogens (tertiary/aromatic N) is 1. The molecule has 1 aliphatic rings. The second-order valence-corrected chi connectivity index (χ2v) is 6.63. The van der Waals surface area contributed by atoms with Gasteiger partial charge in [-0.3, -0.25) is 9.59 Å². The second-order valence-electron chi connectivity index (χ2n) is 6.63. The Morgan fingerprint density at radius 3 is 2.62 bits per heavy atom. The number of amides is 2. The molecule has 4 nitrogen and oxygen atoms in total. The third-order valence-electron chi connectivity index (χ3n) is 3.88. The zero-order valence-corrected chi connectivity index (χ0v) is 13.3. The fraction of sp³-hybridized carbons (Fsp3) is 0.529. The van der Waals surface area contributed by atoms with Gasteiger partial charge in [0.15, 0.2) is 0 Å². The molecule has 0 aromatic heterocycles. The third-order valence-corrected chi connectivity index (χ3v) is 3.88. The van der Waals surface area contributed by atoms with Crippen LogP contribution in [-0.2, 0) is 16.0 Å². The van der Waals surface area contributed by atoms with Crippen LogP contribution < -0.4 is 10.2 Å². The Morgan fingerprint density at radius 2 is 2.00 bits per heavy atom. The first-order chi connectivity index (χ1) is 9.82. The Hall–Kier alpha value is -1.84. The van der Waals surface area contributed by atoms with Crippen molar-refractivity contribution >= 4 is 17.5 Å². The number of rotatable bonds is 2. The summed E-state index contributed by atoms with van der Waals surface area (Å²) in [5.74, 6) is -0.0842. The van der Waals surface area contributed by atoms with Crippen LogP contribution in [0.25, 0.3) is 0 Å². The van der Waals surface area contributed by atoms with E-state index < -0.39 is 6.04 Å². The van der Waals surface area contributed by atoms with E-state index in [4.69, 9.17) is 0 Å². The molecule has 1 heterocycles. The van der Waals surface area contributed by atoms with E-state index in [-0.39, 0.29) is 17.2 Å². The molecule has 21 heavy (non-hydrogen) atoms. The van der Waals surface area contributed by atoms with Crippen molar-refractivity contribution in [3.05, 3.63) is 29.8 Å². The molecule has 0 bridgehead atoms. The summed E-state index contributed by atoms with van der Waals surface area (Å²) >= 11 is 0. The van der Waals surface area contributed by atoms with Crippen LogP contribution in [0.2, 0.25) is 0 Å². The average Bonchev–Trinajstić information content (AvgIpc) is 2.58. The maximum atomic E-state index is 12.8. The maximum Gasteiger partial charge on any atom is 0.250 e. The van der Waals surface area contributed by atoms with Gasteiger partial charge in [0.2, 0.25) is 11.8 Å². The Kier molecular flexibility index (Phi) is 4.35. The van der Waals surface area contributed by atoms with Gasteiger partial charge in [-0.2, -0.15) is 0 Å². The molecule has 114 valence electrons. The fourth-order valence-electron chi connectivity index (χ4n) is 2.56. The van der Waals surface area contributed by atoms with Gasteiger partial charge in [-0.05, 0) is 29.5 Å². The highest BCUT2D eigenvalue weighted by Crippen LogP contribution is 2.26. The van der Waals surface area contributed by atoms with Crippen molar-refractivity contribution in [1.29, 1.82) is 0 Å². The molecule has 0 saturated carbocycles. The van der Waals surface area contributed by atoms with Gasteiger partial charge in [0.25, 0.3) is 0 Å². The van der Waals surface area contributed by atoms with Gasteiger partial charge in [-0.25, -0.2) is 0 Å². The first-order valence-corrected chi connectivity index (χ1v) is 7.52. The molecule has 2 rings (SSSR count). The minimum absolute atomic E-state index is 0.0263. The van der Waals surface area contributed by atoms with Crippen molar-refractivity contribution in [3.63, 3.8) is 0 Å². The van der Waals surface area contributed by atoms with Crippen LogP contribution in [0.1, 0.15) is 39.7 Å². The van der Waals surface area contributed by atoms with E-state index in [2.05, 4.69) is 18.3 Å². The van der Waals surface area contributed by atoms with Crippen molar-refractivity contribution in [2.24, 2.45) is 5.41 Å². The number of carbonyl (C=O) groups excluding carboxylic acids is 2. The number of hydrogen-bond donors (Lipinski definition) is 1. The molecule has 1 N–H and O–H groups in total. The monoisotopic (exact) mass is 288 g/mol. The summed E-state index contributed by atoms with van der Waals surface area (Å²) in [6.45, 7) is 8.45. The van der Waals surface area contributed by atoms with Crippen molar-refractivity contribution in [2.45, 2.75) is 46.6 Å². The van der Waals surface area contributed by atoms with Crippen molar-refractivity contribution in [3.8, 4) is 0 Å². The number of aryl methyl sites for hydroxylation is 1. The summed E-state index contributed by atoms with van der Waals surface area (Å²) in [5, 5.41) is 2.87. The highest BCUT2D eigenvalue weighted by Gasteiger charge is 2.38. The Labute approximate surface area is 126 Å². The lowest BCUT2D eigenvalue weighted by Gasteiger charge is -2.32. The van der Waals surface area contributed by atoms with Gasteiger partial charge in [0, 0.05) is 18.7 Å². The average molecular weight is 288 g/mol. The number of benzene rings is 1. The Balaban J connectivity index is 2.37. The highest BCUT2D eigenvalue weighted by atomic mass is 16.2. The number of hydrogen-bond acceptors (Lipinski definition) is 2. The van der Waals surface area contributed by atoms with E-state index >= 15 is 0 Å². The SMILES string of the molecule is CCc1cccc(N2CCC(=O)NC(C(C)(C)C)C2=O)c1. The zero-order valence-electron chi connectivity index (χ0n) is 13.3. The molecule has 1 fully saturated rings. The van der Waals surface area contributed by atoms with Crippen LogP contribution >= 0.6 is 0 Å². The van der Waals surface area contributed by atoms with E-state index in [0.717, 1.165) is 12.1 Å². The van der Waals surface area contributed by atoms with Crippen LogP contribution in [-0.4, -0.2) is 24.4 Å². The molecule has 1 saturated heterocycles. The predicted molar refractivity (Wildman–Crippen MR) is 84.2 cm³/mol. The van der Waals surface area contributed by atoms with Gasteiger partial charge >= 0.3 is 0 Å². The first-order valence-electron chi connectivity index (χ1n) is 7.52. The van der Waals surface area contributed by atoms with E-state index in [9.17, 15) is 9.59 Å². The summed E-state index contributed by atoms with van der Waals surface area (Å²) in [5.41, 5.74) is 1.76. The Morgan fingerprint density at radius 1 is 1.29 bits per heavy atom. The maximum absolute atomic E-state index is 12.8. The lowest BCUT2D eigenvalue weighted by molar-refractivity contribution is -0.127. The van der Waals surface area contributed by atoms with Crippen LogP contribution in [0.4, 0.5) is 5.69 Å². The first kappa shape index (κ1) is 15.5. The molecule has 2 amide bonds. The number of anilines is 1. The molecule has 0 spiro atoms. The summed E-state index contributed by atoms with van der Waals surface area (Å²) in [6.07, 6.45) is 1.27. The molecule has 4 heteroatoms. The number of carbonyl (C=O) groups is 2. The predicted octanol–water partition coefficient (Wildman–Crippen LogP) is 2.52. The quantitative estimate of drug-likeness (QED) is 0.909. The molecule has 0 aliphatic carbocycles. The van der Waals surface area contributed by atoms with Crippen molar-refractivity contribution in [2.75, 3.05) is 11.4 Å². The van der Waals surface area contributed by atoms with E-state index in [1.54, 1.807) is 4.90 Å². The highest BCUT2D eigenvalue weighted by molar-refractivity contribution is 6.01. The molecular formula is C17H24N2O2. The topological polar surface area (TPSA) is 49.4 Å². The molecule has 1 unspecified atom stereocenters. The van der Waals surface area contributed by atoms with Gasteiger partial charge < -0.3 is 10.2 Å². The summed E-state index contributed by atoms with van der Waals surface area (Å²) in [4.78, 5) is 26.5. The molecule has 1 aromatic carbocycles. The number of nitrogens with one attached hydrogen (secondary N) is 1. The van der Waals surface area contributed by atoms with Crippen molar-refractivity contribution in [1.82, 2.24) is 5.32 Å². The largest absolute Gasteiger partial charge is 0.344 e. The van der Waals surface area contributed by atoms with Gasteiger partial charge in [-0.1, -0.05) is 39.8 Å². The van der Waals surface area contributed by atoms with Crippen LogP contribution in [0.5, 0.6) is 0 Å². The summed E-state index contributed by atoms with van der Waals surface area (Å²) < 4.78 is 0. The molecule has 1 aliphatic heterocycles. The van der Waals surface area contributed by atoms with E-state index in [1.165, 1.54) is 5.56 Å². The standard InChI is InChI=1S/C17H24N2O2/c1-5-12-7-6-8-13(11-12)19-10-9-14(20)18-15(16(19)21)17(2,3)4/h6-8,11,15H,5,9-10H2,1-4H3,(H,18,20). The minimum atomic E-state index is -0.488. The van der Waals surface area contributed by atoms with E-state index in [0.29, 0.717) is 13.0 Å². The summed E-state index contributed by atoms with van der Waals surface area (Å²) in [7, 11) is 0. The lowest BCUT2D eigenvalue weighted by Crippen LogP contribution is -2.52. The molecule has 0 radical (unpaired) electrons. The fourth-order valence-corrected chi connectivity index (χ4v) is 2.56. The van der Waals surface area contributed by atoms with Crippen LogP contribution in [0.3, 0.4) is 0 Å². The van der Waals surface area contributed by atoms with Gasteiger partial charge in [-0.15, -0.1) is 0 Å². The van der Waals surface area contributed by atoms with Gasteiger partial charge in [0.1, 0.15) is 6.04 Å². The second kappa shape index (κ2) is 5.88. The van der Waals surface area contributed by atoms with E-state index in [1.807, 2.05) is 39.0 Å². The normalized spacial score (nSPS) is 20.2. The summed E-state index contributed by atoms with van der Waals surface area (Å²) in [6, 6.07) is 7.50. The molecular weight excluding hydrogens is 264 g/mol. The zero-order chi connectivity index (χ0) is 15.6. The Bertz CT molecular complexity index is 546. The minimum Gasteiger partial charge on any atom is -0.344 e. The van der Waals surface area contributed by atoms with Crippen LogP contribution in [0, 0.1) is 5.41 Å². The molecule has 1 atom stereocenters. The third kappa shape index (κ3) is 3.43. The van der Waals surface area contributed by atoms with Crippen molar-refractivity contribution < 1.29 is 9.59 Å². The molecule has 1 aromatic rings. The van der Waals surface area contributed by atoms with Gasteiger partial charge in [0.05, 0.1) is 0 Å². The lowest BCUT2D eigenvalue weighted by atomic mass is 9.86. The smallest absolute Gasteiger partial charge is 0.250 e.